The van der Waals surface area contributed by atoms with Crippen LogP contribution in [0, 0.1) is 0 Å². The second kappa shape index (κ2) is 7.32. The zero-order chi connectivity index (χ0) is 11.0. The van der Waals surface area contributed by atoms with E-state index in [1.54, 1.807) is 0 Å². The van der Waals surface area contributed by atoms with Crippen molar-refractivity contribution >= 4 is 11.9 Å². The standard InChI is InChI=1S/C9H18N2O3/c1-2-4-8(12)11-7(9(13)14)5-3-6-10/h7H,2-6,10H2,1H3,(H,11,12)(H,13,14)/t7-/m1/s1. The molecule has 0 aromatic rings. The molecule has 0 radical (unpaired) electrons. The molecule has 0 heterocycles. The van der Waals surface area contributed by atoms with Gasteiger partial charge in [-0.2, -0.15) is 0 Å². The number of nitrogens with two attached hydrogens (primary N) is 1. The van der Waals surface area contributed by atoms with E-state index in [2.05, 4.69) is 5.32 Å². The molecule has 0 bridgehead atoms. The smallest absolute Gasteiger partial charge is 0.326 e. The van der Waals surface area contributed by atoms with E-state index in [0.717, 1.165) is 6.42 Å². The Morgan fingerprint density at radius 3 is 2.57 bits per heavy atom. The number of carbonyl (C=O) groups excluding carboxylic acids is 1. The van der Waals surface area contributed by atoms with Crippen LogP contribution in [0.25, 0.3) is 0 Å². The van der Waals surface area contributed by atoms with Crippen molar-refractivity contribution in [2.75, 3.05) is 6.54 Å². The van der Waals surface area contributed by atoms with Gasteiger partial charge in [-0.05, 0) is 25.8 Å². The van der Waals surface area contributed by atoms with E-state index in [9.17, 15) is 9.59 Å². The normalized spacial score (nSPS) is 12.1. The summed E-state index contributed by atoms with van der Waals surface area (Å²) in [5.74, 6) is -1.21. The number of carbonyl (C=O) groups is 2. The first-order valence-corrected chi connectivity index (χ1v) is 4.84. The van der Waals surface area contributed by atoms with Gasteiger partial charge in [-0.3, -0.25) is 4.79 Å². The van der Waals surface area contributed by atoms with Crippen molar-refractivity contribution < 1.29 is 14.7 Å². The predicted molar refractivity (Wildman–Crippen MR) is 52.8 cm³/mol. The molecule has 0 aliphatic heterocycles. The Kier molecular flexibility index (Phi) is 6.74. The van der Waals surface area contributed by atoms with Crippen molar-refractivity contribution in [1.82, 2.24) is 5.32 Å². The number of nitrogens with one attached hydrogen (secondary N) is 1. The van der Waals surface area contributed by atoms with E-state index in [0.29, 0.717) is 25.8 Å². The van der Waals surface area contributed by atoms with Crippen LogP contribution in [0.5, 0.6) is 0 Å². The van der Waals surface area contributed by atoms with E-state index < -0.39 is 12.0 Å². The van der Waals surface area contributed by atoms with Crippen molar-refractivity contribution in [3.63, 3.8) is 0 Å². The molecule has 5 heteroatoms. The number of hydrogen-bond donors (Lipinski definition) is 3. The maximum Gasteiger partial charge on any atom is 0.326 e. The lowest BCUT2D eigenvalue weighted by Gasteiger charge is -2.13. The Hall–Kier alpha value is -1.10. The number of carboxylic acid groups (broad SMARTS) is 1. The van der Waals surface area contributed by atoms with E-state index in [4.69, 9.17) is 10.8 Å². The summed E-state index contributed by atoms with van der Waals surface area (Å²) in [6, 6.07) is -0.794. The quantitative estimate of drug-likeness (QED) is 0.545. The van der Waals surface area contributed by atoms with Gasteiger partial charge in [0.15, 0.2) is 0 Å². The van der Waals surface area contributed by atoms with Gasteiger partial charge in [-0.25, -0.2) is 4.79 Å². The SMILES string of the molecule is CCCC(=O)N[C@H](CCCN)C(=O)O. The fourth-order valence-corrected chi connectivity index (χ4v) is 1.07. The van der Waals surface area contributed by atoms with Crippen molar-refractivity contribution in [3.05, 3.63) is 0 Å². The molecular weight excluding hydrogens is 184 g/mol. The predicted octanol–water partition coefficient (Wildman–Crippen LogP) is 0.0948. The van der Waals surface area contributed by atoms with Crippen LogP contribution >= 0.6 is 0 Å². The Morgan fingerprint density at radius 1 is 1.50 bits per heavy atom. The van der Waals surface area contributed by atoms with Gasteiger partial charge in [0.05, 0.1) is 0 Å². The van der Waals surface area contributed by atoms with Crippen LogP contribution in [0.3, 0.4) is 0 Å². The summed E-state index contributed by atoms with van der Waals surface area (Å²) in [6.07, 6.45) is 2.08. The van der Waals surface area contributed by atoms with Gasteiger partial charge in [-0.1, -0.05) is 6.92 Å². The van der Waals surface area contributed by atoms with Crippen molar-refractivity contribution in [2.45, 2.75) is 38.6 Å². The number of rotatable bonds is 7. The third-order valence-electron chi connectivity index (χ3n) is 1.81. The monoisotopic (exact) mass is 202 g/mol. The summed E-state index contributed by atoms with van der Waals surface area (Å²) in [5, 5.41) is 11.2. The van der Waals surface area contributed by atoms with Crippen molar-refractivity contribution in [2.24, 2.45) is 5.73 Å². The molecule has 0 aromatic heterocycles. The van der Waals surface area contributed by atoms with Gasteiger partial charge >= 0.3 is 5.97 Å². The molecule has 82 valence electrons. The van der Waals surface area contributed by atoms with Gasteiger partial charge in [0.25, 0.3) is 0 Å². The Balaban J connectivity index is 3.95. The molecule has 1 atom stereocenters. The molecular formula is C9H18N2O3. The number of hydrogen-bond acceptors (Lipinski definition) is 3. The zero-order valence-corrected chi connectivity index (χ0v) is 8.45. The first-order chi connectivity index (χ1) is 6.61. The summed E-state index contributed by atoms with van der Waals surface area (Å²) < 4.78 is 0. The highest BCUT2D eigenvalue weighted by atomic mass is 16.4. The largest absolute Gasteiger partial charge is 0.480 e. The molecule has 0 aromatic carbocycles. The second-order valence-corrected chi connectivity index (χ2v) is 3.14. The van der Waals surface area contributed by atoms with Crippen molar-refractivity contribution in [3.8, 4) is 0 Å². The maximum atomic E-state index is 11.1. The highest BCUT2D eigenvalue weighted by Gasteiger charge is 2.18. The van der Waals surface area contributed by atoms with Crippen LogP contribution in [0.4, 0.5) is 0 Å². The highest BCUT2D eigenvalue weighted by Crippen LogP contribution is 1.98. The molecule has 0 aliphatic rings. The fraction of sp³-hybridized carbons (Fsp3) is 0.778. The zero-order valence-electron chi connectivity index (χ0n) is 8.45. The van der Waals surface area contributed by atoms with Gasteiger partial charge in [0, 0.05) is 6.42 Å². The van der Waals surface area contributed by atoms with Crippen molar-refractivity contribution in [1.29, 1.82) is 0 Å². The first-order valence-electron chi connectivity index (χ1n) is 4.84. The summed E-state index contributed by atoms with van der Waals surface area (Å²) in [4.78, 5) is 21.8. The van der Waals surface area contributed by atoms with Crippen LogP contribution in [-0.4, -0.2) is 29.6 Å². The average molecular weight is 202 g/mol. The molecule has 0 fully saturated rings. The Morgan fingerprint density at radius 2 is 2.14 bits per heavy atom. The second-order valence-electron chi connectivity index (χ2n) is 3.14. The van der Waals surface area contributed by atoms with E-state index in [-0.39, 0.29) is 5.91 Å². The average Bonchev–Trinajstić information content (AvgIpc) is 2.12. The third-order valence-corrected chi connectivity index (χ3v) is 1.81. The lowest BCUT2D eigenvalue weighted by molar-refractivity contribution is -0.142. The van der Waals surface area contributed by atoms with E-state index >= 15 is 0 Å². The summed E-state index contributed by atoms with van der Waals surface area (Å²) >= 11 is 0. The number of aliphatic carboxylic acids is 1. The molecule has 0 rings (SSSR count). The molecule has 5 nitrogen and oxygen atoms in total. The number of carboxylic acids is 1. The Bertz CT molecular complexity index is 194. The third kappa shape index (κ3) is 5.53. The van der Waals surface area contributed by atoms with Crippen LogP contribution in [0.2, 0.25) is 0 Å². The van der Waals surface area contributed by atoms with Crippen LogP contribution in [-0.2, 0) is 9.59 Å². The van der Waals surface area contributed by atoms with Gasteiger partial charge < -0.3 is 16.2 Å². The van der Waals surface area contributed by atoms with Crippen LogP contribution in [0.15, 0.2) is 0 Å². The molecule has 4 N–H and O–H groups in total. The molecule has 14 heavy (non-hydrogen) atoms. The molecule has 0 saturated carbocycles. The minimum atomic E-state index is -0.997. The minimum Gasteiger partial charge on any atom is -0.480 e. The minimum absolute atomic E-state index is 0.211. The lowest BCUT2D eigenvalue weighted by Crippen LogP contribution is -2.40. The fourth-order valence-electron chi connectivity index (χ4n) is 1.07. The molecule has 1 amide bonds. The van der Waals surface area contributed by atoms with Crippen LogP contribution in [0.1, 0.15) is 32.6 Å². The molecule has 0 unspecified atom stereocenters. The summed E-state index contributed by atoms with van der Waals surface area (Å²) in [6.45, 7) is 2.31. The van der Waals surface area contributed by atoms with Gasteiger partial charge in [0.1, 0.15) is 6.04 Å². The van der Waals surface area contributed by atoms with Gasteiger partial charge in [0.2, 0.25) is 5.91 Å². The van der Waals surface area contributed by atoms with Crippen LogP contribution < -0.4 is 11.1 Å². The summed E-state index contributed by atoms with van der Waals surface area (Å²) in [7, 11) is 0. The lowest BCUT2D eigenvalue weighted by atomic mass is 10.1. The summed E-state index contributed by atoms with van der Waals surface area (Å²) in [5.41, 5.74) is 5.26. The number of amides is 1. The maximum absolute atomic E-state index is 11.1. The van der Waals surface area contributed by atoms with E-state index in [1.165, 1.54) is 0 Å². The molecule has 0 aliphatic carbocycles. The molecule has 0 spiro atoms. The highest BCUT2D eigenvalue weighted by molar-refractivity contribution is 5.83. The first kappa shape index (κ1) is 12.9. The Labute approximate surface area is 83.7 Å². The van der Waals surface area contributed by atoms with Gasteiger partial charge in [-0.15, -0.1) is 0 Å². The van der Waals surface area contributed by atoms with E-state index in [1.807, 2.05) is 6.92 Å². The topological polar surface area (TPSA) is 92.4 Å². The molecule has 0 saturated heterocycles.